The summed E-state index contributed by atoms with van der Waals surface area (Å²) in [6, 6.07) is 18.9. The highest BCUT2D eigenvalue weighted by Gasteiger charge is 2.27. The first-order valence-electron chi connectivity index (χ1n) is 9.44. The van der Waals surface area contributed by atoms with Gasteiger partial charge in [-0.05, 0) is 51.0 Å². The highest BCUT2D eigenvalue weighted by molar-refractivity contribution is 5.74. The average molecular weight is 351 g/mol. The van der Waals surface area contributed by atoms with Gasteiger partial charge in [-0.2, -0.15) is 0 Å². The zero-order valence-electron chi connectivity index (χ0n) is 15.8. The van der Waals surface area contributed by atoms with Gasteiger partial charge in [0.05, 0.1) is 0 Å². The summed E-state index contributed by atoms with van der Waals surface area (Å²) in [6.45, 7) is 5.40. The molecular weight excluding hydrogens is 322 g/mol. The number of hydrogen-bond acceptors (Lipinski definition) is 2. The van der Waals surface area contributed by atoms with Gasteiger partial charge >= 0.3 is 6.03 Å². The van der Waals surface area contributed by atoms with Crippen LogP contribution >= 0.6 is 0 Å². The lowest BCUT2D eigenvalue weighted by Gasteiger charge is -2.37. The van der Waals surface area contributed by atoms with Crippen LogP contribution in [0.2, 0.25) is 0 Å². The molecule has 2 aromatic carbocycles. The number of benzene rings is 2. The second-order valence-corrected chi connectivity index (χ2v) is 7.29. The monoisotopic (exact) mass is 351 g/mol. The predicted octanol–water partition coefficient (Wildman–Crippen LogP) is 3.80. The summed E-state index contributed by atoms with van der Waals surface area (Å²) in [5, 5.41) is 3.11. The molecule has 1 aliphatic heterocycles. The third kappa shape index (κ3) is 5.09. The maximum atomic E-state index is 13.0. The molecule has 0 spiro atoms. The van der Waals surface area contributed by atoms with Gasteiger partial charge in [0, 0.05) is 19.1 Å². The number of hydrogen-bond donors (Lipinski definition) is 1. The number of carbonyl (C=O) groups is 1. The van der Waals surface area contributed by atoms with Crippen LogP contribution in [0, 0.1) is 6.92 Å². The minimum atomic E-state index is 0.0315. The lowest BCUT2D eigenvalue weighted by Crippen LogP contribution is -2.49. The first-order chi connectivity index (χ1) is 12.6. The summed E-state index contributed by atoms with van der Waals surface area (Å²) >= 11 is 0. The normalized spacial score (nSPS) is 15.6. The molecule has 2 amide bonds. The van der Waals surface area contributed by atoms with Gasteiger partial charge in [0.2, 0.25) is 0 Å². The van der Waals surface area contributed by atoms with Crippen LogP contribution in [0.25, 0.3) is 0 Å². The summed E-state index contributed by atoms with van der Waals surface area (Å²) in [5.41, 5.74) is 3.55. The summed E-state index contributed by atoms with van der Waals surface area (Å²) in [7, 11) is 2.15. The lowest BCUT2D eigenvalue weighted by atomic mass is 10.0. The van der Waals surface area contributed by atoms with Crippen molar-refractivity contribution in [2.45, 2.75) is 38.9 Å². The molecule has 3 rings (SSSR count). The van der Waals surface area contributed by atoms with E-state index in [-0.39, 0.29) is 6.03 Å². The topological polar surface area (TPSA) is 35.6 Å². The smallest absolute Gasteiger partial charge is 0.318 e. The fourth-order valence-corrected chi connectivity index (χ4v) is 3.44. The predicted molar refractivity (Wildman–Crippen MR) is 106 cm³/mol. The Bertz CT molecular complexity index is 691. The molecule has 1 fully saturated rings. The van der Waals surface area contributed by atoms with E-state index in [0.29, 0.717) is 19.1 Å². The van der Waals surface area contributed by atoms with Gasteiger partial charge in [0.1, 0.15) is 0 Å². The fourth-order valence-electron chi connectivity index (χ4n) is 3.44. The minimum Gasteiger partial charge on any atom is -0.334 e. The van der Waals surface area contributed by atoms with Crippen molar-refractivity contribution in [1.82, 2.24) is 15.1 Å². The van der Waals surface area contributed by atoms with Crippen molar-refractivity contribution in [3.8, 4) is 0 Å². The summed E-state index contributed by atoms with van der Waals surface area (Å²) in [4.78, 5) is 17.3. The maximum absolute atomic E-state index is 13.0. The van der Waals surface area contributed by atoms with E-state index in [4.69, 9.17) is 0 Å². The molecule has 1 saturated heterocycles. The molecule has 138 valence electrons. The Hall–Kier alpha value is -2.33. The van der Waals surface area contributed by atoms with E-state index < -0.39 is 0 Å². The fraction of sp³-hybridized carbons (Fsp3) is 0.409. The van der Waals surface area contributed by atoms with Gasteiger partial charge in [-0.1, -0.05) is 60.2 Å². The Morgan fingerprint density at radius 2 is 1.69 bits per heavy atom. The van der Waals surface area contributed by atoms with Crippen LogP contribution in [0.1, 0.15) is 29.5 Å². The third-order valence-corrected chi connectivity index (χ3v) is 5.15. The first-order valence-corrected chi connectivity index (χ1v) is 9.44. The van der Waals surface area contributed by atoms with Gasteiger partial charge in [0.15, 0.2) is 0 Å². The molecule has 26 heavy (non-hydrogen) atoms. The Balaban J connectivity index is 1.68. The summed E-state index contributed by atoms with van der Waals surface area (Å²) < 4.78 is 0. The van der Waals surface area contributed by atoms with E-state index in [1.54, 1.807) is 0 Å². The van der Waals surface area contributed by atoms with Crippen LogP contribution in [-0.2, 0) is 13.1 Å². The number of urea groups is 1. The van der Waals surface area contributed by atoms with Gasteiger partial charge in [-0.15, -0.1) is 0 Å². The first kappa shape index (κ1) is 18.5. The zero-order chi connectivity index (χ0) is 18.4. The minimum absolute atomic E-state index is 0.0315. The van der Waals surface area contributed by atoms with Crippen LogP contribution in [0.4, 0.5) is 4.79 Å². The van der Waals surface area contributed by atoms with E-state index in [2.05, 4.69) is 48.5 Å². The molecule has 4 heteroatoms. The van der Waals surface area contributed by atoms with Gasteiger partial charge in [-0.25, -0.2) is 4.79 Å². The van der Waals surface area contributed by atoms with Crippen molar-refractivity contribution >= 4 is 6.03 Å². The van der Waals surface area contributed by atoms with Crippen molar-refractivity contribution in [3.63, 3.8) is 0 Å². The standard InChI is InChI=1S/C22H29N3O/c1-18-8-10-20(11-9-18)17-25(21-12-14-24(2)15-13-21)22(26)23-16-19-6-4-3-5-7-19/h3-11,21H,12-17H2,1-2H3,(H,23,26). The van der Waals surface area contributed by atoms with E-state index in [9.17, 15) is 4.79 Å². The van der Waals surface area contributed by atoms with Gasteiger partial charge < -0.3 is 15.1 Å². The highest BCUT2D eigenvalue weighted by Crippen LogP contribution is 2.19. The summed E-state index contributed by atoms with van der Waals surface area (Å²) in [5.74, 6) is 0. The number of nitrogens with one attached hydrogen (secondary N) is 1. The molecule has 0 aromatic heterocycles. The van der Waals surface area contributed by atoms with Crippen LogP contribution in [0.3, 0.4) is 0 Å². The molecule has 0 bridgehead atoms. The number of amides is 2. The Morgan fingerprint density at radius 1 is 1.04 bits per heavy atom. The number of aryl methyl sites for hydroxylation is 1. The largest absolute Gasteiger partial charge is 0.334 e. The molecule has 0 radical (unpaired) electrons. The van der Waals surface area contributed by atoms with E-state index in [1.165, 1.54) is 11.1 Å². The molecule has 0 unspecified atom stereocenters. The second kappa shape index (κ2) is 8.86. The highest BCUT2D eigenvalue weighted by atomic mass is 16.2. The van der Waals surface area contributed by atoms with Crippen molar-refractivity contribution in [1.29, 1.82) is 0 Å². The SMILES string of the molecule is Cc1ccc(CN(C(=O)NCc2ccccc2)C2CCN(C)CC2)cc1. The van der Waals surface area contributed by atoms with E-state index in [1.807, 2.05) is 35.2 Å². The second-order valence-electron chi connectivity index (χ2n) is 7.29. The molecule has 4 nitrogen and oxygen atoms in total. The Labute approximate surface area is 156 Å². The Morgan fingerprint density at radius 3 is 2.35 bits per heavy atom. The lowest BCUT2D eigenvalue weighted by molar-refractivity contribution is 0.127. The van der Waals surface area contributed by atoms with Crippen molar-refractivity contribution in [2.24, 2.45) is 0 Å². The molecule has 1 N–H and O–H groups in total. The molecule has 0 aliphatic carbocycles. The average Bonchev–Trinajstić information content (AvgIpc) is 2.67. The van der Waals surface area contributed by atoms with Crippen LogP contribution in [-0.4, -0.2) is 42.0 Å². The molecule has 0 saturated carbocycles. The number of nitrogens with zero attached hydrogens (tertiary/aromatic N) is 2. The van der Waals surface area contributed by atoms with E-state index >= 15 is 0 Å². The zero-order valence-corrected chi connectivity index (χ0v) is 15.8. The van der Waals surface area contributed by atoms with Crippen molar-refractivity contribution in [2.75, 3.05) is 20.1 Å². The van der Waals surface area contributed by atoms with Crippen molar-refractivity contribution < 1.29 is 4.79 Å². The number of rotatable bonds is 5. The molecular formula is C22H29N3O. The van der Waals surface area contributed by atoms with Crippen LogP contribution < -0.4 is 5.32 Å². The van der Waals surface area contributed by atoms with Crippen LogP contribution in [0.5, 0.6) is 0 Å². The summed E-state index contributed by atoms with van der Waals surface area (Å²) in [6.07, 6.45) is 2.06. The van der Waals surface area contributed by atoms with Gasteiger partial charge in [0.25, 0.3) is 0 Å². The number of piperidine rings is 1. The third-order valence-electron chi connectivity index (χ3n) is 5.15. The number of likely N-dealkylation sites (tertiary alicyclic amines) is 1. The molecule has 1 heterocycles. The molecule has 1 aliphatic rings. The number of carbonyl (C=O) groups excluding carboxylic acids is 1. The molecule has 2 aromatic rings. The molecule has 0 atom stereocenters. The van der Waals surface area contributed by atoms with E-state index in [0.717, 1.165) is 31.5 Å². The quantitative estimate of drug-likeness (QED) is 0.889. The van der Waals surface area contributed by atoms with Crippen molar-refractivity contribution in [3.05, 3.63) is 71.3 Å². The Kier molecular flexibility index (Phi) is 6.29. The van der Waals surface area contributed by atoms with Crippen LogP contribution in [0.15, 0.2) is 54.6 Å². The van der Waals surface area contributed by atoms with Gasteiger partial charge in [-0.3, -0.25) is 0 Å². The maximum Gasteiger partial charge on any atom is 0.318 e.